The molecule has 3 N–H and O–H groups in total. The third-order valence-corrected chi connectivity index (χ3v) is 6.65. The summed E-state index contributed by atoms with van der Waals surface area (Å²) in [5, 5.41) is 11.2. The molecule has 1 aromatic heterocycles. The van der Waals surface area contributed by atoms with Gasteiger partial charge in [0.1, 0.15) is 0 Å². The molecular formula is C26H25N5O2S. The number of guanidine groups is 1. The Kier molecular flexibility index (Phi) is 6.89. The maximum absolute atomic E-state index is 13.2. The van der Waals surface area contributed by atoms with E-state index in [-0.39, 0.29) is 10.9 Å². The first-order valence-electron chi connectivity index (χ1n) is 10.7. The Labute approximate surface area is 199 Å². The number of rotatable bonds is 7. The van der Waals surface area contributed by atoms with Crippen molar-refractivity contribution in [3.05, 3.63) is 109 Å². The minimum Gasteiger partial charge on any atom is -0.342 e. The van der Waals surface area contributed by atoms with Gasteiger partial charge in [-0.3, -0.25) is 15.1 Å². The first kappa shape index (κ1) is 23.0. The number of pyridine rings is 1. The molecule has 0 unspecified atom stereocenters. The van der Waals surface area contributed by atoms with E-state index < -0.39 is 10.0 Å². The van der Waals surface area contributed by atoms with Crippen LogP contribution in [0.2, 0.25) is 0 Å². The molecule has 1 heterocycles. The molecule has 34 heavy (non-hydrogen) atoms. The molecule has 4 aromatic rings. The van der Waals surface area contributed by atoms with Crippen molar-refractivity contribution < 1.29 is 8.42 Å². The predicted molar refractivity (Wildman–Crippen MR) is 136 cm³/mol. The Hall–Kier alpha value is -4.17. The maximum Gasteiger partial charge on any atom is 0.262 e. The highest BCUT2D eigenvalue weighted by Gasteiger charge is 2.19. The fourth-order valence-corrected chi connectivity index (χ4v) is 4.76. The molecule has 7 nitrogen and oxygen atoms in total. The van der Waals surface area contributed by atoms with E-state index in [1.807, 2.05) is 55.6 Å². The van der Waals surface area contributed by atoms with Crippen molar-refractivity contribution in [3.8, 4) is 11.1 Å². The zero-order valence-corrected chi connectivity index (χ0v) is 19.5. The summed E-state index contributed by atoms with van der Waals surface area (Å²) < 4.78 is 29.0. The van der Waals surface area contributed by atoms with Crippen molar-refractivity contribution in [2.45, 2.75) is 11.4 Å². The largest absolute Gasteiger partial charge is 0.342 e. The second-order valence-electron chi connectivity index (χ2n) is 7.73. The van der Waals surface area contributed by atoms with E-state index in [0.717, 1.165) is 16.8 Å². The number of benzene rings is 3. The first-order valence-corrected chi connectivity index (χ1v) is 12.1. The second-order valence-corrected chi connectivity index (χ2v) is 9.38. The number of hydrogen-bond donors (Lipinski definition) is 3. The summed E-state index contributed by atoms with van der Waals surface area (Å²) in [6, 6.07) is 27.1. The molecule has 8 heteroatoms. The molecule has 3 aromatic carbocycles. The second kappa shape index (κ2) is 10.2. The minimum absolute atomic E-state index is 0.223. The fraction of sp³-hybridized carbons (Fsp3) is 0.0769. The zero-order chi connectivity index (χ0) is 24.0. The van der Waals surface area contributed by atoms with Gasteiger partial charge in [-0.15, -0.1) is 0 Å². The highest BCUT2D eigenvalue weighted by atomic mass is 32.2. The number of anilines is 2. The number of hydrogen-bond acceptors (Lipinski definition) is 4. The van der Waals surface area contributed by atoms with Crippen molar-refractivity contribution in [1.29, 1.82) is 5.41 Å². The van der Waals surface area contributed by atoms with Crippen LogP contribution in [0.3, 0.4) is 0 Å². The molecule has 0 fully saturated rings. The standard InChI is InChI=1S/C26H25N5O2S/c1-31(26(27)29-22-15-17-28-18-16-22)19-20-11-13-23(14-12-20)30-34(32,33)25-10-6-5-9-24(25)21-7-3-2-4-8-21/h2-18,30H,19H2,1H3,(H2,27,28,29). The van der Waals surface area contributed by atoms with Crippen LogP contribution in [0.1, 0.15) is 5.56 Å². The minimum atomic E-state index is -3.79. The van der Waals surface area contributed by atoms with Crippen LogP contribution in [0.15, 0.2) is 108 Å². The molecule has 0 amide bonds. The van der Waals surface area contributed by atoms with Gasteiger partial charge in [0.25, 0.3) is 10.0 Å². The first-order chi connectivity index (χ1) is 16.4. The number of aromatic nitrogens is 1. The third kappa shape index (κ3) is 5.60. The summed E-state index contributed by atoms with van der Waals surface area (Å²) in [5.74, 6) is 0.244. The molecular weight excluding hydrogens is 446 g/mol. The normalized spacial score (nSPS) is 11.0. The fourth-order valence-electron chi connectivity index (χ4n) is 3.47. The molecule has 0 atom stereocenters. The van der Waals surface area contributed by atoms with Crippen molar-refractivity contribution in [3.63, 3.8) is 0 Å². The van der Waals surface area contributed by atoms with Gasteiger partial charge in [-0.1, -0.05) is 60.7 Å². The number of nitrogens with zero attached hydrogens (tertiary/aromatic N) is 2. The van der Waals surface area contributed by atoms with E-state index in [4.69, 9.17) is 5.41 Å². The van der Waals surface area contributed by atoms with Gasteiger partial charge >= 0.3 is 0 Å². The smallest absolute Gasteiger partial charge is 0.262 e. The highest BCUT2D eigenvalue weighted by Crippen LogP contribution is 2.28. The average molecular weight is 472 g/mol. The van der Waals surface area contributed by atoms with E-state index >= 15 is 0 Å². The van der Waals surface area contributed by atoms with Gasteiger partial charge in [0.2, 0.25) is 0 Å². The number of nitrogens with one attached hydrogen (secondary N) is 3. The van der Waals surface area contributed by atoms with Gasteiger partial charge < -0.3 is 10.2 Å². The van der Waals surface area contributed by atoms with E-state index in [1.165, 1.54) is 0 Å². The monoisotopic (exact) mass is 471 g/mol. The Morgan fingerprint density at radius 1 is 0.853 bits per heavy atom. The van der Waals surface area contributed by atoms with Crippen molar-refractivity contribution in [2.24, 2.45) is 0 Å². The lowest BCUT2D eigenvalue weighted by Crippen LogP contribution is -2.31. The Bertz CT molecular complexity index is 1360. The van der Waals surface area contributed by atoms with E-state index in [2.05, 4.69) is 15.0 Å². The van der Waals surface area contributed by atoms with Gasteiger partial charge in [0, 0.05) is 42.9 Å². The highest BCUT2D eigenvalue weighted by molar-refractivity contribution is 7.92. The van der Waals surface area contributed by atoms with E-state index in [1.54, 1.807) is 59.8 Å². The summed E-state index contributed by atoms with van der Waals surface area (Å²) in [6.45, 7) is 0.487. The number of sulfonamides is 1. The summed E-state index contributed by atoms with van der Waals surface area (Å²) in [5.41, 5.74) is 3.68. The maximum atomic E-state index is 13.2. The van der Waals surface area contributed by atoms with Crippen LogP contribution in [0.4, 0.5) is 11.4 Å². The van der Waals surface area contributed by atoms with Crippen LogP contribution in [0.5, 0.6) is 0 Å². The van der Waals surface area contributed by atoms with Crippen molar-refractivity contribution in [2.75, 3.05) is 17.1 Å². The molecule has 0 saturated carbocycles. The van der Waals surface area contributed by atoms with Crippen molar-refractivity contribution >= 4 is 27.4 Å². The van der Waals surface area contributed by atoms with Gasteiger partial charge in [0.05, 0.1) is 4.90 Å². The molecule has 4 rings (SSSR count). The topological polar surface area (TPSA) is 98.2 Å². The van der Waals surface area contributed by atoms with Crippen LogP contribution < -0.4 is 10.0 Å². The summed E-state index contributed by atoms with van der Waals surface area (Å²) in [6.07, 6.45) is 3.32. The molecule has 0 saturated heterocycles. The van der Waals surface area contributed by atoms with Crippen LogP contribution in [0, 0.1) is 5.41 Å². The van der Waals surface area contributed by atoms with E-state index in [9.17, 15) is 8.42 Å². The third-order valence-electron chi connectivity index (χ3n) is 5.21. The lowest BCUT2D eigenvalue weighted by molar-refractivity contribution is 0.496. The molecule has 0 radical (unpaired) electrons. The molecule has 0 bridgehead atoms. The van der Waals surface area contributed by atoms with Gasteiger partial charge in [-0.2, -0.15) is 0 Å². The van der Waals surface area contributed by atoms with Crippen LogP contribution in [0.25, 0.3) is 11.1 Å². The van der Waals surface area contributed by atoms with Crippen LogP contribution in [-0.2, 0) is 16.6 Å². The van der Waals surface area contributed by atoms with E-state index in [0.29, 0.717) is 17.8 Å². The Balaban J connectivity index is 1.44. The SMILES string of the molecule is CN(Cc1ccc(NS(=O)(=O)c2ccccc2-c2ccccc2)cc1)C(=N)Nc1ccncc1. The lowest BCUT2D eigenvalue weighted by atomic mass is 10.1. The molecule has 0 aliphatic rings. The van der Waals surface area contributed by atoms with Gasteiger partial charge in [0.15, 0.2) is 5.96 Å². The predicted octanol–water partition coefficient (Wildman–Crippen LogP) is 5.03. The molecule has 0 aliphatic carbocycles. The Morgan fingerprint density at radius 2 is 1.50 bits per heavy atom. The summed E-state index contributed by atoms with van der Waals surface area (Å²) in [4.78, 5) is 5.95. The summed E-state index contributed by atoms with van der Waals surface area (Å²) >= 11 is 0. The summed E-state index contributed by atoms with van der Waals surface area (Å²) in [7, 11) is -1.97. The van der Waals surface area contributed by atoms with Crippen molar-refractivity contribution in [1.82, 2.24) is 9.88 Å². The van der Waals surface area contributed by atoms with Crippen LogP contribution in [-0.4, -0.2) is 31.3 Å². The molecule has 0 aliphatic heterocycles. The molecule has 0 spiro atoms. The van der Waals surface area contributed by atoms with Crippen LogP contribution >= 0.6 is 0 Å². The lowest BCUT2D eigenvalue weighted by Gasteiger charge is -2.21. The quantitative estimate of drug-likeness (QED) is 0.259. The Morgan fingerprint density at radius 3 is 2.21 bits per heavy atom. The zero-order valence-electron chi connectivity index (χ0n) is 18.6. The van der Waals surface area contributed by atoms with Gasteiger partial charge in [-0.25, -0.2) is 8.42 Å². The van der Waals surface area contributed by atoms with Gasteiger partial charge in [-0.05, 0) is 41.5 Å². The average Bonchev–Trinajstić information content (AvgIpc) is 2.86. The molecule has 172 valence electrons.